The molecule has 92 valence electrons. The van der Waals surface area contributed by atoms with E-state index in [1.807, 2.05) is 0 Å². The highest BCUT2D eigenvalue weighted by atomic mass is 16.5. The van der Waals surface area contributed by atoms with Crippen LogP contribution in [0.1, 0.15) is 36.0 Å². The highest BCUT2D eigenvalue weighted by molar-refractivity contribution is 5.43. The molecule has 2 aliphatic rings. The maximum atomic E-state index is 10.5. The van der Waals surface area contributed by atoms with Crippen molar-refractivity contribution in [3.05, 3.63) is 34.9 Å². The Morgan fingerprint density at radius 2 is 2.06 bits per heavy atom. The van der Waals surface area contributed by atoms with Gasteiger partial charge in [0.15, 0.2) is 0 Å². The summed E-state index contributed by atoms with van der Waals surface area (Å²) in [5.74, 6) is 0. The lowest BCUT2D eigenvalue weighted by Gasteiger charge is -2.46. The number of ether oxygens (including phenoxy) is 1. The smallest absolute Gasteiger partial charge is 0.0641 e. The van der Waals surface area contributed by atoms with Crippen LogP contribution in [-0.2, 0) is 16.6 Å². The molecular formula is C15H20O2. The van der Waals surface area contributed by atoms with Crippen LogP contribution in [0.5, 0.6) is 0 Å². The van der Waals surface area contributed by atoms with Crippen molar-refractivity contribution in [2.45, 2.75) is 44.1 Å². The van der Waals surface area contributed by atoms with E-state index in [-0.39, 0.29) is 11.5 Å². The molecule has 3 rings (SSSR count). The number of hydrogen-bond acceptors (Lipinski definition) is 2. The average molecular weight is 232 g/mol. The van der Waals surface area contributed by atoms with Crippen LogP contribution in [0, 0.1) is 6.92 Å². The van der Waals surface area contributed by atoms with Crippen LogP contribution in [-0.4, -0.2) is 24.4 Å². The van der Waals surface area contributed by atoms with E-state index in [9.17, 15) is 5.11 Å². The predicted octanol–water partition coefficient (Wildman–Crippen LogP) is 2.35. The Kier molecular flexibility index (Phi) is 2.72. The quantitative estimate of drug-likeness (QED) is 0.744. The molecule has 0 saturated carbocycles. The molecular weight excluding hydrogens is 212 g/mol. The van der Waals surface area contributed by atoms with Crippen molar-refractivity contribution in [2.75, 3.05) is 13.2 Å². The maximum Gasteiger partial charge on any atom is 0.0641 e. The SMILES string of the molecule is Cc1cccc2c1CCC(O)C21CCOCC1. The number of rotatable bonds is 0. The van der Waals surface area contributed by atoms with E-state index in [0.29, 0.717) is 0 Å². The predicted molar refractivity (Wildman–Crippen MR) is 67.2 cm³/mol. The first kappa shape index (κ1) is 11.2. The van der Waals surface area contributed by atoms with E-state index in [1.165, 1.54) is 16.7 Å². The van der Waals surface area contributed by atoms with Crippen molar-refractivity contribution in [3.63, 3.8) is 0 Å². The van der Waals surface area contributed by atoms with Crippen LogP contribution in [0.3, 0.4) is 0 Å². The lowest BCUT2D eigenvalue weighted by Crippen LogP contribution is -2.47. The molecule has 1 saturated heterocycles. The molecule has 1 aliphatic heterocycles. The lowest BCUT2D eigenvalue weighted by molar-refractivity contribution is -0.0238. The summed E-state index contributed by atoms with van der Waals surface area (Å²) in [6.45, 7) is 3.75. The normalized spacial score (nSPS) is 26.8. The monoisotopic (exact) mass is 232 g/mol. The molecule has 1 heterocycles. The summed E-state index contributed by atoms with van der Waals surface area (Å²) in [6, 6.07) is 6.53. The van der Waals surface area contributed by atoms with Crippen molar-refractivity contribution in [1.29, 1.82) is 0 Å². The van der Waals surface area contributed by atoms with Gasteiger partial charge in [0.05, 0.1) is 6.10 Å². The number of hydrogen-bond donors (Lipinski definition) is 1. The van der Waals surface area contributed by atoms with E-state index in [1.54, 1.807) is 0 Å². The van der Waals surface area contributed by atoms with Crippen LogP contribution < -0.4 is 0 Å². The standard InChI is InChI=1S/C15H20O2/c1-11-3-2-4-13-12(11)5-6-14(16)15(13)7-9-17-10-8-15/h2-4,14,16H,5-10H2,1H3. The highest BCUT2D eigenvalue weighted by Gasteiger charge is 2.44. The second-order valence-corrected chi connectivity index (χ2v) is 5.42. The third-order valence-corrected chi connectivity index (χ3v) is 4.64. The van der Waals surface area contributed by atoms with E-state index < -0.39 is 0 Å². The molecule has 1 unspecified atom stereocenters. The van der Waals surface area contributed by atoms with Crippen molar-refractivity contribution < 1.29 is 9.84 Å². The largest absolute Gasteiger partial charge is 0.392 e. The fraction of sp³-hybridized carbons (Fsp3) is 0.600. The molecule has 17 heavy (non-hydrogen) atoms. The molecule has 1 atom stereocenters. The first-order chi connectivity index (χ1) is 8.24. The molecule has 2 heteroatoms. The highest BCUT2D eigenvalue weighted by Crippen LogP contribution is 2.45. The first-order valence-electron chi connectivity index (χ1n) is 6.59. The summed E-state index contributed by atoms with van der Waals surface area (Å²) in [4.78, 5) is 0. The van der Waals surface area contributed by atoms with E-state index in [2.05, 4.69) is 25.1 Å². The van der Waals surface area contributed by atoms with Gasteiger partial charge in [-0.2, -0.15) is 0 Å². The summed E-state index contributed by atoms with van der Waals surface area (Å²) >= 11 is 0. The zero-order valence-electron chi connectivity index (χ0n) is 10.4. The van der Waals surface area contributed by atoms with Crippen LogP contribution in [0.15, 0.2) is 18.2 Å². The Morgan fingerprint density at radius 3 is 2.82 bits per heavy atom. The lowest BCUT2D eigenvalue weighted by atomic mass is 9.63. The third-order valence-electron chi connectivity index (χ3n) is 4.64. The van der Waals surface area contributed by atoms with Crippen LogP contribution in [0.4, 0.5) is 0 Å². The van der Waals surface area contributed by atoms with E-state index >= 15 is 0 Å². The second-order valence-electron chi connectivity index (χ2n) is 5.42. The Labute approximate surface area is 103 Å². The van der Waals surface area contributed by atoms with Gasteiger partial charge in [0, 0.05) is 18.6 Å². The molecule has 1 spiro atoms. The molecule has 0 radical (unpaired) electrons. The minimum Gasteiger partial charge on any atom is -0.392 e. The molecule has 0 aromatic heterocycles. The number of aliphatic hydroxyl groups excluding tert-OH is 1. The van der Waals surface area contributed by atoms with Gasteiger partial charge in [0.2, 0.25) is 0 Å². The summed E-state index contributed by atoms with van der Waals surface area (Å²) < 4.78 is 5.48. The summed E-state index contributed by atoms with van der Waals surface area (Å²) in [5, 5.41) is 10.5. The third kappa shape index (κ3) is 1.62. The van der Waals surface area contributed by atoms with Gasteiger partial charge in [-0.15, -0.1) is 0 Å². The van der Waals surface area contributed by atoms with Crippen molar-refractivity contribution in [2.24, 2.45) is 0 Å². The average Bonchev–Trinajstić information content (AvgIpc) is 2.36. The second kappa shape index (κ2) is 4.11. The van der Waals surface area contributed by atoms with E-state index in [4.69, 9.17) is 4.74 Å². The molecule has 1 aromatic carbocycles. The fourth-order valence-corrected chi connectivity index (χ4v) is 3.58. The van der Waals surface area contributed by atoms with Gasteiger partial charge in [-0.05, 0) is 49.3 Å². The molecule has 1 aliphatic carbocycles. The molecule has 1 fully saturated rings. The Morgan fingerprint density at radius 1 is 1.29 bits per heavy atom. The zero-order chi connectivity index (χ0) is 11.9. The van der Waals surface area contributed by atoms with E-state index in [0.717, 1.165) is 38.9 Å². The Balaban J connectivity index is 2.12. The minimum atomic E-state index is -0.194. The van der Waals surface area contributed by atoms with Crippen molar-refractivity contribution in [3.8, 4) is 0 Å². The topological polar surface area (TPSA) is 29.5 Å². The molecule has 0 bridgehead atoms. The van der Waals surface area contributed by atoms with Gasteiger partial charge in [-0.3, -0.25) is 0 Å². The van der Waals surface area contributed by atoms with Gasteiger partial charge in [-0.1, -0.05) is 18.2 Å². The Bertz CT molecular complexity index is 419. The summed E-state index contributed by atoms with van der Waals surface area (Å²) in [6.07, 6.45) is 3.65. The molecule has 1 aromatic rings. The van der Waals surface area contributed by atoms with Gasteiger partial charge in [0.1, 0.15) is 0 Å². The van der Waals surface area contributed by atoms with Crippen LogP contribution in [0.25, 0.3) is 0 Å². The van der Waals surface area contributed by atoms with Crippen LogP contribution in [0.2, 0.25) is 0 Å². The molecule has 1 N–H and O–H groups in total. The first-order valence-corrected chi connectivity index (χ1v) is 6.59. The molecule has 0 amide bonds. The minimum absolute atomic E-state index is 0.0299. The van der Waals surface area contributed by atoms with Gasteiger partial charge >= 0.3 is 0 Å². The maximum absolute atomic E-state index is 10.5. The number of aliphatic hydroxyl groups is 1. The summed E-state index contributed by atoms with van der Waals surface area (Å²) in [7, 11) is 0. The van der Waals surface area contributed by atoms with Gasteiger partial charge in [0.25, 0.3) is 0 Å². The van der Waals surface area contributed by atoms with Crippen LogP contribution >= 0.6 is 0 Å². The van der Waals surface area contributed by atoms with Crippen molar-refractivity contribution in [1.82, 2.24) is 0 Å². The number of aryl methyl sites for hydroxylation is 1. The molecule has 2 nitrogen and oxygen atoms in total. The fourth-order valence-electron chi connectivity index (χ4n) is 3.58. The van der Waals surface area contributed by atoms with Gasteiger partial charge < -0.3 is 9.84 Å². The number of benzene rings is 1. The van der Waals surface area contributed by atoms with Crippen molar-refractivity contribution >= 4 is 0 Å². The van der Waals surface area contributed by atoms with Gasteiger partial charge in [-0.25, -0.2) is 0 Å². The zero-order valence-corrected chi connectivity index (χ0v) is 10.4. The summed E-state index contributed by atoms with van der Waals surface area (Å²) in [5.41, 5.74) is 4.21. The Hall–Kier alpha value is -0.860. The number of fused-ring (bicyclic) bond motifs is 2.